The first-order valence-electron chi connectivity index (χ1n) is 7.77. The molecule has 1 rings (SSSR count). The van der Waals surface area contributed by atoms with Gasteiger partial charge in [-0.05, 0) is 56.3 Å². The summed E-state index contributed by atoms with van der Waals surface area (Å²) >= 11 is 3.65. The molecular weight excluding hydrogens is 332 g/mol. The Kier molecular flexibility index (Phi) is 9.15. The van der Waals surface area contributed by atoms with Crippen LogP contribution in [0.2, 0.25) is 0 Å². The molecule has 0 fully saturated rings. The molecule has 1 unspecified atom stereocenters. The Bertz CT molecular complexity index is 395. The van der Waals surface area contributed by atoms with E-state index in [-0.39, 0.29) is 0 Å². The lowest BCUT2D eigenvalue weighted by Crippen LogP contribution is -2.27. The first-order valence-corrected chi connectivity index (χ1v) is 8.56. The Morgan fingerprint density at radius 3 is 2.81 bits per heavy atom. The second-order valence-corrected chi connectivity index (χ2v) is 6.21. The molecule has 0 radical (unpaired) electrons. The molecule has 1 atom stereocenters. The summed E-state index contributed by atoms with van der Waals surface area (Å²) in [5.74, 6) is 0. The van der Waals surface area contributed by atoms with E-state index >= 15 is 0 Å². The number of nitrogens with one attached hydrogen (secondary N) is 1. The zero-order valence-electron chi connectivity index (χ0n) is 13.7. The molecule has 21 heavy (non-hydrogen) atoms. The highest BCUT2D eigenvalue weighted by molar-refractivity contribution is 9.10. The van der Waals surface area contributed by atoms with Crippen LogP contribution in [-0.2, 0) is 11.3 Å². The highest BCUT2D eigenvalue weighted by Crippen LogP contribution is 2.26. The van der Waals surface area contributed by atoms with E-state index in [1.807, 2.05) is 13.1 Å². The van der Waals surface area contributed by atoms with Crippen molar-refractivity contribution in [2.75, 3.05) is 40.4 Å². The summed E-state index contributed by atoms with van der Waals surface area (Å²) in [5.41, 5.74) is 1.25. The number of aromatic nitrogens is 2. The van der Waals surface area contributed by atoms with Gasteiger partial charge in [0.25, 0.3) is 0 Å². The number of likely N-dealkylation sites (N-methyl/N-ethyl adjacent to an activating group) is 1. The molecule has 6 heteroatoms. The van der Waals surface area contributed by atoms with Gasteiger partial charge in [-0.3, -0.25) is 4.68 Å². The molecular formula is C15H29BrN4O. The topological polar surface area (TPSA) is 42.3 Å². The van der Waals surface area contributed by atoms with Crippen LogP contribution in [0.4, 0.5) is 0 Å². The summed E-state index contributed by atoms with van der Waals surface area (Å²) < 4.78 is 8.65. The average molecular weight is 361 g/mol. The molecule has 0 spiro atoms. The Balaban J connectivity index is 2.73. The standard InChI is InChI=1S/C15H29BrN4O/c1-5-17-14(8-7-11-21-6-2)15-13(16)12-18-20(15)10-9-19(3)4/h12,14,17H,5-11H2,1-4H3. The minimum Gasteiger partial charge on any atom is -0.382 e. The number of hydrogen-bond acceptors (Lipinski definition) is 4. The largest absolute Gasteiger partial charge is 0.382 e. The van der Waals surface area contributed by atoms with Crippen molar-refractivity contribution in [1.29, 1.82) is 0 Å². The SMILES string of the molecule is CCNC(CCCOCC)c1c(Br)cnn1CCN(C)C. The molecule has 1 heterocycles. The van der Waals surface area contributed by atoms with Gasteiger partial charge in [-0.25, -0.2) is 0 Å². The van der Waals surface area contributed by atoms with Crippen molar-refractivity contribution < 1.29 is 4.74 Å². The lowest BCUT2D eigenvalue weighted by atomic mass is 10.1. The van der Waals surface area contributed by atoms with Gasteiger partial charge in [-0.2, -0.15) is 5.10 Å². The van der Waals surface area contributed by atoms with E-state index in [0.717, 1.165) is 50.2 Å². The van der Waals surface area contributed by atoms with Crippen LogP contribution in [0.3, 0.4) is 0 Å². The monoisotopic (exact) mass is 360 g/mol. The molecule has 1 aromatic heterocycles. The Morgan fingerprint density at radius 2 is 2.19 bits per heavy atom. The second-order valence-electron chi connectivity index (χ2n) is 5.35. The summed E-state index contributed by atoms with van der Waals surface area (Å²) in [6.45, 7) is 8.63. The third-order valence-electron chi connectivity index (χ3n) is 3.36. The molecule has 0 bridgehead atoms. The number of ether oxygens (including phenoxy) is 1. The zero-order valence-corrected chi connectivity index (χ0v) is 15.3. The van der Waals surface area contributed by atoms with Gasteiger partial charge in [0.15, 0.2) is 0 Å². The van der Waals surface area contributed by atoms with E-state index in [0.29, 0.717) is 6.04 Å². The van der Waals surface area contributed by atoms with Gasteiger partial charge in [0, 0.05) is 19.8 Å². The first-order chi connectivity index (χ1) is 10.1. The summed E-state index contributed by atoms with van der Waals surface area (Å²) in [6, 6.07) is 0.314. The number of rotatable bonds is 11. The van der Waals surface area contributed by atoms with Crippen molar-refractivity contribution in [3.05, 3.63) is 16.4 Å². The van der Waals surface area contributed by atoms with E-state index < -0.39 is 0 Å². The maximum absolute atomic E-state index is 5.45. The van der Waals surface area contributed by atoms with Gasteiger partial charge < -0.3 is 15.0 Å². The molecule has 0 saturated carbocycles. The van der Waals surface area contributed by atoms with Crippen molar-refractivity contribution in [3.63, 3.8) is 0 Å². The van der Waals surface area contributed by atoms with Crippen LogP contribution in [0.1, 0.15) is 38.4 Å². The number of hydrogen-bond donors (Lipinski definition) is 1. The molecule has 0 amide bonds. The maximum Gasteiger partial charge on any atom is 0.0696 e. The van der Waals surface area contributed by atoms with E-state index in [1.54, 1.807) is 0 Å². The van der Waals surface area contributed by atoms with Gasteiger partial charge in [0.1, 0.15) is 0 Å². The minimum atomic E-state index is 0.314. The minimum absolute atomic E-state index is 0.314. The van der Waals surface area contributed by atoms with Crippen LogP contribution >= 0.6 is 15.9 Å². The molecule has 0 aliphatic rings. The summed E-state index contributed by atoms with van der Waals surface area (Å²) in [4.78, 5) is 2.18. The fourth-order valence-corrected chi connectivity index (χ4v) is 2.88. The van der Waals surface area contributed by atoms with Crippen molar-refractivity contribution in [2.45, 2.75) is 39.3 Å². The fraction of sp³-hybridized carbons (Fsp3) is 0.800. The van der Waals surface area contributed by atoms with Gasteiger partial charge in [-0.15, -0.1) is 0 Å². The van der Waals surface area contributed by atoms with E-state index in [4.69, 9.17) is 4.74 Å². The van der Waals surface area contributed by atoms with E-state index in [2.05, 4.69) is 56.9 Å². The third-order valence-corrected chi connectivity index (χ3v) is 3.97. The normalized spacial score (nSPS) is 13.0. The lowest BCUT2D eigenvalue weighted by molar-refractivity contribution is 0.140. The molecule has 122 valence electrons. The predicted molar refractivity (Wildman–Crippen MR) is 90.6 cm³/mol. The summed E-state index contributed by atoms with van der Waals surface area (Å²) in [5, 5.41) is 8.08. The summed E-state index contributed by atoms with van der Waals surface area (Å²) in [6.07, 6.45) is 4.01. The number of halogens is 1. The Labute approximate surface area is 137 Å². The lowest BCUT2D eigenvalue weighted by Gasteiger charge is -2.21. The molecule has 1 N–H and O–H groups in total. The van der Waals surface area contributed by atoms with Crippen molar-refractivity contribution >= 4 is 15.9 Å². The Morgan fingerprint density at radius 1 is 1.43 bits per heavy atom. The van der Waals surface area contributed by atoms with E-state index in [9.17, 15) is 0 Å². The first kappa shape index (κ1) is 18.6. The molecule has 0 aromatic carbocycles. The third kappa shape index (κ3) is 6.46. The maximum atomic E-state index is 5.45. The fourth-order valence-electron chi connectivity index (χ4n) is 2.31. The van der Waals surface area contributed by atoms with E-state index in [1.165, 1.54) is 5.69 Å². The van der Waals surface area contributed by atoms with Crippen molar-refractivity contribution in [2.24, 2.45) is 0 Å². The highest BCUT2D eigenvalue weighted by Gasteiger charge is 2.19. The molecule has 1 aromatic rings. The average Bonchev–Trinajstić information content (AvgIpc) is 2.81. The molecule has 5 nitrogen and oxygen atoms in total. The van der Waals surface area contributed by atoms with Crippen LogP contribution in [-0.4, -0.2) is 55.1 Å². The zero-order chi connectivity index (χ0) is 15.7. The van der Waals surface area contributed by atoms with Crippen LogP contribution in [0.25, 0.3) is 0 Å². The van der Waals surface area contributed by atoms with Crippen LogP contribution in [0.5, 0.6) is 0 Å². The predicted octanol–water partition coefficient (Wildman–Crippen LogP) is 2.67. The van der Waals surface area contributed by atoms with Crippen LogP contribution in [0, 0.1) is 0 Å². The molecule has 0 aliphatic heterocycles. The van der Waals surface area contributed by atoms with Gasteiger partial charge in [-0.1, -0.05) is 6.92 Å². The molecule has 0 saturated heterocycles. The Hall–Kier alpha value is -0.430. The van der Waals surface area contributed by atoms with Gasteiger partial charge in [0.05, 0.1) is 29.0 Å². The van der Waals surface area contributed by atoms with Gasteiger partial charge >= 0.3 is 0 Å². The highest BCUT2D eigenvalue weighted by atomic mass is 79.9. The van der Waals surface area contributed by atoms with Crippen LogP contribution < -0.4 is 5.32 Å². The van der Waals surface area contributed by atoms with Crippen molar-refractivity contribution in [1.82, 2.24) is 20.0 Å². The van der Waals surface area contributed by atoms with Crippen LogP contribution in [0.15, 0.2) is 10.7 Å². The molecule has 0 aliphatic carbocycles. The van der Waals surface area contributed by atoms with Gasteiger partial charge in [0.2, 0.25) is 0 Å². The quantitative estimate of drug-likeness (QED) is 0.616. The summed E-state index contributed by atoms with van der Waals surface area (Å²) in [7, 11) is 4.17. The second kappa shape index (κ2) is 10.3. The van der Waals surface area contributed by atoms with Crippen molar-refractivity contribution in [3.8, 4) is 0 Å². The smallest absolute Gasteiger partial charge is 0.0696 e. The number of nitrogens with zero attached hydrogens (tertiary/aromatic N) is 3.